The Morgan fingerprint density at radius 3 is 2.58 bits per heavy atom. The van der Waals surface area contributed by atoms with Gasteiger partial charge in [0.2, 0.25) is 0 Å². The maximum absolute atomic E-state index is 12.4. The van der Waals surface area contributed by atoms with Crippen LogP contribution < -0.4 is 0 Å². The molecule has 0 radical (unpaired) electrons. The standard InChI is InChI=1S/C18H24O/c19-18(12-9-14-5-1-2-6-14)17-11-10-15-7-3-4-8-16(15)13-17/h3-4,7-8,14,17H,1-2,5-6,9-13H2. The van der Waals surface area contributed by atoms with E-state index in [9.17, 15) is 4.79 Å². The van der Waals surface area contributed by atoms with E-state index < -0.39 is 0 Å². The summed E-state index contributed by atoms with van der Waals surface area (Å²) in [6.45, 7) is 0. The first-order chi connectivity index (χ1) is 9.33. The molecule has 0 heterocycles. The van der Waals surface area contributed by atoms with Crippen LogP contribution in [0.3, 0.4) is 0 Å². The summed E-state index contributed by atoms with van der Waals surface area (Å²) in [6, 6.07) is 8.63. The molecule has 0 spiro atoms. The Bertz CT molecular complexity index is 443. The second-order valence-corrected chi connectivity index (χ2v) is 6.36. The van der Waals surface area contributed by atoms with Gasteiger partial charge < -0.3 is 0 Å². The molecular formula is C18H24O. The number of fused-ring (bicyclic) bond motifs is 1. The van der Waals surface area contributed by atoms with Gasteiger partial charge in [-0.25, -0.2) is 0 Å². The van der Waals surface area contributed by atoms with Crippen LogP contribution in [-0.4, -0.2) is 5.78 Å². The quantitative estimate of drug-likeness (QED) is 0.783. The van der Waals surface area contributed by atoms with E-state index in [0.717, 1.165) is 38.0 Å². The fourth-order valence-corrected chi connectivity index (χ4v) is 3.82. The zero-order valence-electron chi connectivity index (χ0n) is 11.7. The first-order valence-corrected chi connectivity index (χ1v) is 7.92. The van der Waals surface area contributed by atoms with Gasteiger partial charge in [0.15, 0.2) is 0 Å². The minimum atomic E-state index is 0.302. The molecule has 0 aliphatic heterocycles. The lowest BCUT2D eigenvalue weighted by Gasteiger charge is -2.24. The van der Waals surface area contributed by atoms with E-state index in [4.69, 9.17) is 0 Å². The largest absolute Gasteiger partial charge is 0.299 e. The summed E-state index contributed by atoms with van der Waals surface area (Å²) in [4.78, 5) is 12.4. The first-order valence-electron chi connectivity index (χ1n) is 7.92. The van der Waals surface area contributed by atoms with Crippen LogP contribution in [-0.2, 0) is 17.6 Å². The van der Waals surface area contributed by atoms with Gasteiger partial charge in [-0.15, -0.1) is 0 Å². The average molecular weight is 256 g/mol. The first kappa shape index (κ1) is 12.9. The number of rotatable bonds is 4. The topological polar surface area (TPSA) is 17.1 Å². The van der Waals surface area contributed by atoms with Crippen LogP contribution in [0.2, 0.25) is 0 Å². The predicted molar refractivity (Wildman–Crippen MR) is 78.2 cm³/mol. The van der Waals surface area contributed by atoms with Gasteiger partial charge in [0.1, 0.15) is 5.78 Å². The Morgan fingerprint density at radius 2 is 1.79 bits per heavy atom. The summed E-state index contributed by atoms with van der Waals surface area (Å²) in [5, 5.41) is 0. The van der Waals surface area contributed by atoms with Crippen LogP contribution in [0.15, 0.2) is 24.3 Å². The van der Waals surface area contributed by atoms with Crippen molar-refractivity contribution in [2.45, 2.75) is 57.8 Å². The molecule has 102 valence electrons. The van der Waals surface area contributed by atoms with Crippen molar-refractivity contribution < 1.29 is 4.79 Å². The third-order valence-corrected chi connectivity index (χ3v) is 5.08. The van der Waals surface area contributed by atoms with Crippen molar-refractivity contribution in [2.24, 2.45) is 11.8 Å². The van der Waals surface area contributed by atoms with Crippen LogP contribution in [0.25, 0.3) is 0 Å². The van der Waals surface area contributed by atoms with Gasteiger partial charge in [-0.2, -0.15) is 0 Å². The second-order valence-electron chi connectivity index (χ2n) is 6.36. The van der Waals surface area contributed by atoms with Crippen molar-refractivity contribution in [3.05, 3.63) is 35.4 Å². The van der Waals surface area contributed by atoms with E-state index in [2.05, 4.69) is 24.3 Å². The molecule has 0 bridgehead atoms. The van der Waals surface area contributed by atoms with Gasteiger partial charge in [0.25, 0.3) is 0 Å². The summed E-state index contributed by atoms with van der Waals surface area (Å²) in [5.74, 6) is 1.68. The van der Waals surface area contributed by atoms with Crippen molar-refractivity contribution in [3.63, 3.8) is 0 Å². The van der Waals surface area contributed by atoms with E-state index in [-0.39, 0.29) is 0 Å². The maximum atomic E-state index is 12.4. The zero-order chi connectivity index (χ0) is 13.1. The Balaban J connectivity index is 1.54. The highest BCUT2D eigenvalue weighted by molar-refractivity contribution is 5.81. The highest BCUT2D eigenvalue weighted by Crippen LogP contribution is 2.31. The van der Waals surface area contributed by atoms with Crippen LogP contribution in [0, 0.1) is 11.8 Å². The number of carbonyl (C=O) groups is 1. The van der Waals surface area contributed by atoms with Crippen LogP contribution in [0.4, 0.5) is 0 Å². The van der Waals surface area contributed by atoms with E-state index in [1.54, 1.807) is 0 Å². The van der Waals surface area contributed by atoms with E-state index in [0.29, 0.717) is 11.7 Å². The van der Waals surface area contributed by atoms with Gasteiger partial charge in [-0.05, 0) is 42.7 Å². The van der Waals surface area contributed by atoms with Crippen molar-refractivity contribution in [1.82, 2.24) is 0 Å². The van der Waals surface area contributed by atoms with Crippen LogP contribution in [0.1, 0.15) is 56.1 Å². The van der Waals surface area contributed by atoms with Crippen molar-refractivity contribution in [2.75, 3.05) is 0 Å². The van der Waals surface area contributed by atoms with E-state index in [1.165, 1.54) is 36.8 Å². The van der Waals surface area contributed by atoms with Gasteiger partial charge in [0.05, 0.1) is 0 Å². The Hall–Kier alpha value is -1.11. The number of Topliss-reactive ketones (excluding diaryl/α,β-unsaturated/α-hetero) is 1. The number of carbonyl (C=O) groups excluding carboxylic acids is 1. The molecule has 1 atom stereocenters. The predicted octanol–water partition coefficient (Wildman–Crippen LogP) is 4.33. The van der Waals surface area contributed by atoms with Gasteiger partial charge in [-0.1, -0.05) is 49.9 Å². The van der Waals surface area contributed by atoms with Gasteiger partial charge >= 0.3 is 0 Å². The summed E-state index contributed by atoms with van der Waals surface area (Å²) in [5.41, 5.74) is 2.87. The van der Waals surface area contributed by atoms with E-state index >= 15 is 0 Å². The number of hydrogen-bond acceptors (Lipinski definition) is 1. The van der Waals surface area contributed by atoms with Crippen molar-refractivity contribution >= 4 is 5.78 Å². The molecule has 1 nitrogen and oxygen atoms in total. The Labute approximate surface area is 116 Å². The SMILES string of the molecule is O=C(CCC1CCCC1)C1CCc2ccccc2C1. The van der Waals surface area contributed by atoms with E-state index in [1.807, 2.05) is 0 Å². The highest BCUT2D eigenvalue weighted by atomic mass is 16.1. The molecule has 19 heavy (non-hydrogen) atoms. The lowest BCUT2D eigenvalue weighted by atomic mass is 9.80. The molecule has 0 N–H and O–H groups in total. The average Bonchev–Trinajstić information content (AvgIpc) is 2.97. The number of ketones is 1. The highest BCUT2D eigenvalue weighted by Gasteiger charge is 2.25. The van der Waals surface area contributed by atoms with Gasteiger partial charge in [0, 0.05) is 12.3 Å². The minimum Gasteiger partial charge on any atom is -0.299 e. The maximum Gasteiger partial charge on any atom is 0.136 e. The van der Waals surface area contributed by atoms with Crippen molar-refractivity contribution in [1.29, 1.82) is 0 Å². The Kier molecular flexibility index (Phi) is 4.00. The summed E-state index contributed by atoms with van der Waals surface area (Å²) < 4.78 is 0. The molecule has 1 fully saturated rings. The van der Waals surface area contributed by atoms with Crippen LogP contribution in [0.5, 0.6) is 0 Å². The summed E-state index contributed by atoms with van der Waals surface area (Å²) in [6.07, 6.45) is 10.6. The van der Waals surface area contributed by atoms with Gasteiger partial charge in [-0.3, -0.25) is 4.79 Å². The molecule has 1 aromatic carbocycles. The number of benzene rings is 1. The molecule has 1 heteroatoms. The third-order valence-electron chi connectivity index (χ3n) is 5.08. The number of hydrogen-bond donors (Lipinski definition) is 0. The zero-order valence-corrected chi connectivity index (χ0v) is 11.7. The monoisotopic (exact) mass is 256 g/mol. The third kappa shape index (κ3) is 3.08. The molecule has 3 rings (SSSR count). The summed E-state index contributed by atoms with van der Waals surface area (Å²) in [7, 11) is 0. The molecule has 0 saturated heterocycles. The molecule has 0 aromatic heterocycles. The lowest BCUT2D eigenvalue weighted by Crippen LogP contribution is -2.23. The fourth-order valence-electron chi connectivity index (χ4n) is 3.82. The van der Waals surface area contributed by atoms with Crippen molar-refractivity contribution in [3.8, 4) is 0 Å². The fraction of sp³-hybridized carbons (Fsp3) is 0.611. The Morgan fingerprint density at radius 1 is 1.05 bits per heavy atom. The normalized spacial score (nSPS) is 23.3. The molecule has 1 saturated carbocycles. The molecule has 0 amide bonds. The smallest absolute Gasteiger partial charge is 0.136 e. The molecule has 2 aliphatic rings. The summed E-state index contributed by atoms with van der Waals surface area (Å²) >= 11 is 0. The molecule has 1 unspecified atom stereocenters. The van der Waals surface area contributed by atoms with Crippen LogP contribution >= 0.6 is 0 Å². The molecule has 1 aromatic rings. The molecule has 2 aliphatic carbocycles. The lowest BCUT2D eigenvalue weighted by molar-refractivity contribution is -0.123. The second kappa shape index (κ2) is 5.90. The molecular weight excluding hydrogens is 232 g/mol. The minimum absolute atomic E-state index is 0.302. The number of aryl methyl sites for hydroxylation is 1.